The number of ketones is 1. The lowest BCUT2D eigenvalue weighted by Crippen LogP contribution is -2.49. The molecule has 1 aliphatic rings. The van der Waals surface area contributed by atoms with E-state index in [-0.39, 0.29) is 11.4 Å². The van der Waals surface area contributed by atoms with Crippen LogP contribution in [0.2, 0.25) is 0 Å². The number of thiophene rings is 1. The molecule has 1 fully saturated rings. The third kappa shape index (κ3) is 3.40. The summed E-state index contributed by atoms with van der Waals surface area (Å²) in [6, 6.07) is 4.01. The molecule has 4 heteroatoms. The van der Waals surface area contributed by atoms with Gasteiger partial charge in [-0.25, -0.2) is 0 Å². The standard InChI is InChI=1S/C14H21NO2S/c1-4-11-5-6-13(18-11)12(16)9-15-7-8-17-14(2,3)10-15/h5-6H,4,7-10H2,1-3H3. The van der Waals surface area contributed by atoms with Gasteiger partial charge in [0.1, 0.15) is 0 Å². The minimum Gasteiger partial charge on any atom is -0.373 e. The van der Waals surface area contributed by atoms with Crippen molar-refractivity contribution < 1.29 is 9.53 Å². The van der Waals surface area contributed by atoms with Crippen LogP contribution >= 0.6 is 11.3 Å². The SMILES string of the molecule is CCc1ccc(C(=O)CN2CCOC(C)(C)C2)s1. The van der Waals surface area contributed by atoms with Crippen LogP contribution in [-0.2, 0) is 11.2 Å². The fraction of sp³-hybridized carbons (Fsp3) is 0.643. The fourth-order valence-corrected chi connectivity index (χ4v) is 3.13. The van der Waals surface area contributed by atoms with Crippen LogP contribution in [0.4, 0.5) is 0 Å². The van der Waals surface area contributed by atoms with Crippen molar-refractivity contribution in [3.8, 4) is 0 Å². The Kier molecular flexibility index (Phi) is 4.20. The lowest BCUT2D eigenvalue weighted by molar-refractivity contribution is -0.0832. The Labute approximate surface area is 113 Å². The fourth-order valence-electron chi connectivity index (χ4n) is 2.25. The number of hydrogen-bond donors (Lipinski definition) is 0. The molecule has 18 heavy (non-hydrogen) atoms. The maximum atomic E-state index is 12.2. The normalized spacial score (nSPS) is 19.9. The average molecular weight is 267 g/mol. The minimum absolute atomic E-state index is 0.136. The minimum atomic E-state index is -0.136. The summed E-state index contributed by atoms with van der Waals surface area (Å²) < 4.78 is 5.65. The summed E-state index contributed by atoms with van der Waals surface area (Å²) in [6.45, 7) is 9.16. The molecule has 0 atom stereocenters. The van der Waals surface area contributed by atoms with E-state index in [1.165, 1.54) is 4.88 Å². The molecule has 3 nitrogen and oxygen atoms in total. The highest BCUT2D eigenvalue weighted by Crippen LogP contribution is 2.20. The molecular weight excluding hydrogens is 246 g/mol. The molecule has 2 heterocycles. The third-order valence-electron chi connectivity index (χ3n) is 3.16. The van der Waals surface area contributed by atoms with Gasteiger partial charge in [0.15, 0.2) is 5.78 Å². The molecule has 1 aromatic heterocycles. The predicted octanol–water partition coefficient (Wildman–Crippen LogP) is 2.60. The Morgan fingerprint density at radius 1 is 1.50 bits per heavy atom. The van der Waals surface area contributed by atoms with Gasteiger partial charge < -0.3 is 4.74 Å². The maximum Gasteiger partial charge on any atom is 0.186 e. The molecule has 0 saturated carbocycles. The van der Waals surface area contributed by atoms with E-state index in [1.807, 2.05) is 6.07 Å². The van der Waals surface area contributed by atoms with E-state index in [9.17, 15) is 4.79 Å². The van der Waals surface area contributed by atoms with Gasteiger partial charge in [-0.05, 0) is 32.4 Å². The summed E-state index contributed by atoms with van der Waals surface area (Å²) in [5.41, 5.74) is -0.136. The Bertz CT molecular complexity index is 425. The summed E-state index contributed by atoms with van der Waals surface area (Å²) in [5, 5.41) is 0. The van der Waals surface area contributed by atoms with Crippen LogP contribution in [0.1, 0.15) is 35.3 Å². The monoisotopic (exact) mass is 267 g/mol. The lowest BCUT2D eigenvalue weighted by atomic mass is 10.1. The highest BCUT2D eigenvalue weighted by atomic mass is 32.1. The van der Waals surface area contributed by atoms with Gasteiger partial charge in [0.2, 0.25) is 0 Å². The first-order valence-electron chi connectivity index (χ1n) is 6.48. The Morgan fingerprint density at radius 2 is 2.28 bits per heavy atom. The number of morpholine rings is 1. The van der Waals surface area contributed by atoms with Crippen LogP contribution in [0.3, 0.4) is 0 Å². The molecule has 1 aliphatic heterocycles. The van der Waals surface area contributed by atoms with Gasteiger partial charge in [0, 0.05) is 18.0 Å². The van der Waals surface area contributed by atoms with Crippen LogP contribution in [0.15, 0.2) is 12.1 Å². The van der Waals surface area contributed by atoms with Gasteiger partial charge in [-0.2, -0.15) is 0 Å². The lowest BCUT2D eigenvalue weighted by Gasteiger charge is -2.37. The van der Waals surface area contributed by atoms with Crippen molar-refractivity contribution in [1.29, 1.82) is 0 Å². The van der Waals surface area contributed by atoms with Crippen molar-refractivity contribution in [2.45, 2.75) is 32.8 Å². The van der Waals surface area contributed by atoms with E-state index in [1.54, 1.807) is 11.3 Å². The number of Topliss-reactive ketones (excluding diaryl/α,β-unsaturated/α-hetero) is 1. The molecule has 0 amide bonds. The quantitative estimate of drug-likeness (QED) is 0.785. The molecule has 0 N–H and O–H groups in total. The molecule has 0 aromatic carbocycles. The van der Waals surface area contributed by atoms with E-state index in [0.29, 0.717) is 13.2 Å². The van der Waals surface area contributed by atoms with Crippen LogP contribution < -0.4 is 0 Å². The zero-order chi connectivity index (χ0) is 13.2. The average Bonchev–Trinajstić information content (AvgIpc) is 2.76. The molecule has 0 radical (unpaired) electrons. The Hall–Kier alpha value is -0.710. The first kappa shape index (κ1) is 13.7. The second kappa shape index (κ2) is 5.51. The molecule has 100 valence electrons. The second-order valence-electron chi connectivity index (χ2n) is 5.36. The number of hydrogen-bond acceptors (Lipinski definition) is 4. The van der Waals surface area contributed by atoms with Crippen LogP contribution in [0, 0.1) is 0 Å². The predicted molar refractivity (Wildman–Crippen MR) is 74.5 cm³/mol. The Morgan fingerprint density at radius 3 is 2.89 bits per heavy atom. The van der Waals surface area contributed by atoms with Gasteiger partial charge in [0.25, 0.3) is 0 Å². The molecule has 0 aliphatic carbocycles. The van der Waals surface area contributed by atoms with Gasteiger partial charge in [0.05, 0.1) is 23.6 Å². The van der Waals surface area contributed by atoms with Crippen LogP contribution in [-0.4, -0.2) is 42.5 Å². The molecule has 1 saturated heterocycles. The van der Waals surface area contributed by atoms with E-state index in [0.717, 1.165) is 24.4 Å². The third-order valence-corrected chi connectivity index (χ3v) is 4.43. The van der Waals surface area contributed by atoms with Crippen molar-refractivity contribution >= 4 is 17.1 Å². The summed E-state index contributed by atoms with van der Waals surface area (Å²) in [4.78, 5) is 16.5. The van der Waals surface area contributed by atoms with E-state index in [4.69, 9.17) is 4.74 Å². The van der Waals surface area contributed by atoms with Crippen LogP contribution in [0.25, 0.3) is 0 Å². The molecule has 0 bridgehead atoms. The highest BCUT2D eigenvalue weighted by molar-refractivity contribution is 7.14. The van der Waals surface area contributed by atoms with E-state index in [2.05, 4.69) is 31.7 Å². The summed E-state index contributed by atoms with van der Waals surface area (Å²) in [6.07, 6.45) is 1.00. The van der Waals surface area contributed by atoms with Gasteiger partial charge in [-0.1, -0.05) is 6.92 Å². The van der Waals surface area contributed by atoms with Gasteiger partial charge in [-0.15, -0.1) is 11.3 Å². The number of aryl methyl sites for hydroxylation is 1. The second-order valence-corrected chi connectivity index (χ2v) is 6.53. The maximum absolute atomic E-state index is 12.2. The largest absolute Gasteiger partial charge is 0.373 e. The summed E-state index contributed by atoms with van der Waals surface area (Å²) >= 11 is 1.62. The van der Waals surface area contributed by atoms with E-state index >= 15 is 0 Å². The highest BCUT2D eigenvalue weighted by Gasteiger charge is 2.28. The number of ether oxygens (including phenoxy) is 1. The number of carbonyl (C=O) groups excluding carboxylic acids is 1. The molecule has 0 spiro atoms. The summed E-state index contributed by atoms with van der Waals surface area (Å²) in [5.74, 6) is 0.234. The number of rotatable bonds is 4. The first-order valence-corrected chi connectivity index (χ1v) is 7.30. The molecule has 0 unspecified atom stereocenters. The number of nitrogens with zero attached hydrogens (tertiary/aromatic N) is 1. The Balaban J connectivity index is 1.94. The van der Waals surface area contributed by atoms with Crippen molar-refractivity contribution in [3.05, 3.63) is 21.9 Å². The topological polar surface area (TPSA) is 29.5 Å². The zero-order valence-electron chi connectivity index (χ0n) is 11.4. The van der Waals surface area contributed by atoms with Gasteiger partial charge in [-0.3, -0.25) is 9.69 Å². The van der Waals surface area contributed by atoms with E-state index < -0.39 is 0 Å². The smallest absolute Gasteiger partial charge is 0.186 e. The van der Waals surface area contributed by atoms with Crippen LogP contribution in [0.5, 0.6) is 0 Å². The molecule has 2 rings (SSSR count). The zero-order valence-corrected chi connectivity index (χ0v) is 12.2. The number of carbonyl (C=O) groups is 1. The summed E-state index contributed by atoms with van der Waals surface area (Å²) in [7, 11) is 0. The van der Waals surface area contributed by atoms with Crippen molar-refractivity contribution in [3.63, 3.8) is 0 Å². The van der Waals surface area contributed by atoms with Gasteiger partial charge >= 0.3 is 0 Å². The van der Waals surface area contributed by atoms with Crippen molar-refractivity contribution in [1.82, 2.24) is 4.90 Å². The molecule has 1 aromatic rings. The van der Waals surface area contributed by atoms with Crippen molar-refractivity contribution in [2.24, 2.45) is 0 Å². The first-order chi connectivity index (χ1) is 8.50. The molecular formula is C14H21NO2S. The van der Waals surface area contributed by atoms with Crippen molar-refractivity contribution in [2.75, 3.05) is 26.2 Å².